The minimum absolute atomic E-state index is 0. The van der Waals surface area contributed by atoms with E-state index in [0.717, 1.165) is 19.3 Å². The van der Waals surface area contributed by atoms with E-state index in [4.69, 9.17) is 4.74 Å². The maximum absolute atomic E-state index is 12.9. The molecule has 29 heavy (non-hydrogen) atoms. The van der Waals surface area contributed by atoms with E-state index in [1.807, 2.05) is 0 Å². The van der Waals surface area contributed by atoms with E-state index in [9.17, 15) is 21.6 Å². The largest absolute Gasteiger partial charge is 0.391 e. The van der Waals surface area contributed by atoms with Gasteiger partial charge < -0.3 is 15.4 Å². The molecule has 2 aliphatic rings. The second kappa shape index (κ2) is 12.5. The minimum atomic E-state index is -4.18. The molecular formula is C17H32F3IN4O3S. The molecule has 172 valence electrons. The molecule has 0 aromatic rings. The first kappa shape index (κ1) is 26.7. The van der Waals surface area contributed by atoms with Crippen LogP contribution in [-0.2, 0) is 14.8 Å². The third kappa shape index (κ3) is 10.0. The van der Waals surface area contributed by atoms with Crippen molar-refractivity contribution in [1.29, 1.82) is 0 Å². The number of halogens is 4. The molecule has 0 amide bonds. The molecule has 0 radical (unpaired) electrons. The first-order valence-electron chi connectivity index (χ1n) is 9.82. The lowest BCUT2D eigenvalue weighted by molar-refractivity contribution is -0.183. The van der Waals surface area contributed by atoms with Crippen LogP contribution in [0.5, 0.6) is 0 Å². The van der Waals surface area contributed by atoms with Gasteiger partial charge in [-0.2, -0.15) is 13.2 Å². The van der Waals surface area contributed by atoms with Crippen molar-refractivity contribution < 1.29 is 26.3 Å². The zero-order valence-corrected chi connectivity index (χ0v) is 19.8. The van der Waals surface area contributed by atoms with Crippen LogP contribution in [-0.4, -0.2) is 65.2 Å². The van der Waals surface area contributed by atoms with E-state index in [1.54, 1.807) is 0 Å². The summed E-state index contributed by atoms with van der Waals surface area (Å²) in [6.45, 7) is 1.03. The highest BCUT2D eigenvalue weighted by Gasteiger charge is 2.42. The van der Waals surface area contributed by atoms with Gasteiger partial charge in [-0.25, -0.2) is 13.1 Å². The highest BCUT2D eigenvalue weighted by atomic mass is 127. The number of aliphatic imine (C=N–C) groups is 1. The Morgan fingerprint density at radius 3 is 2.55 bits per heavy atom. The second-order valence-electron chi connectivity index (χ2n) is 7.40. The number of rotatable bonds is 7. The first-order chi connectivity index (χ1) is 13.2. The molecule has 0 bridgehead atoms. The SMILES string of the molecule is CN=C(NCCS(=O)(=O)NCC1CCCCO1)NC1CCCC(C(F)(F)F)C1.I. The van der Waals surface area contributed by atoms with E-state index in [2.05, 4.69) is 20.3 Å². The van der Waals surface area contributed by atoms with Crippen LogP contribution in [0, 0.1) is 5.92 Å². The number of alkyl halides is 3. The third-order valence-electron chi connectivity index (χ3n) is 5.17. The van der Waals surface area contributed by atoms with Crippen LogP contribution in [0.1, 0.15) is 44.9 Å². The molecule has 2 rings (SSSR count). The lowest BCUT2D eigenvalue weighted by Gasteiger charge is -2.31. The van der Waals surface area contributed by atoms with Gasteiger partial charge in [-0.1, -0.05) is 6.42 Å². The molecule has 2 fully saturated rings. The summed E-state index contributed by atoms with van der Waals surface area (Å²) in [6.07, 6.45) is -0.0887. The summed E-state index contributed by atoms with van der Waals surface area (Å²) in [6, 6.07) is -0.329. The highest BCUT2D eigenvalue weighted by Crippen LogP contribution is 2.37. The second-order valence-corrected chi connectivity index (χ2v) is 9.33. The highest BCUT2D eigenvalue weighted by molar-refractivity contribution is 14.0. The van der Waals surface area contributed by atoms with Gasteiger partial charge in [0.2, 0.25) is 10.0 Å². The van der Waals surface area contributed by atoms with Gasteiger partial charge in [0.25, 0.3) is 0 Å². The standard InChI is InChI=1S/C17H31F3N4O3S.HI/c1-21-16(24-14-6-4-5-13(11-14)17(18,19)20)22-8-10-28(25,26)23-12-15-7-2-3-9-27-15;/h13-15,23H,2-12H2,1H3,(H2,21,22,24);1H. The fourth-order valence-corrected chi connectivity index (χ4v) is 4.53. The van der Waals surface area contributed by atoms with Gasteiger partial charge in [0.15, 0.2) is 5.96 Å². The Labute approximate surface area is 188 Å². The van der Waals surface area contributed by atoms with Crippen molar-refractivity contribution in [3.05, 3.63) is 0 Å². The van der Waals surface area contributed by atoms with Crippen LogP contribution >= 0.6 is 24.0 Å². The molecule has 1 saturated heterocycles. The minimum Gasteiger partial charge on any atom is -0.377 e. The number of guanidine groups is 1. The number of nitrogens with zero attached hydrogens (tertiary/aromatic N) is 1. The van der Waals surface area contributed by atoms with Crippen molar-refractivity contribution >= 4 is 40.0 Å². The molecule has 3 atom stereocenters. The van der Waals surface area contributed by atoms with Gasteiger partial charge in [0.1, 0.15) is 0 Å². The molecule has 0 aromatic carbocycles. The average molecular weight is 556 g/mol. The van der Waals surface area contributed by atoms with Crippen molar-refractivity contribution in [3.63, 3.8) is 0 Å². The van der Waals surface area contributed by atoms with Crippen molar-refractivity contribution in [2.75, 3.05) is 32.5 Å². The quantitative estimate of drug-likeness (QED) is 0.255. The Kier molecular flexibility index (Phi) is 11.5. The van der Waals surface area contributed by atoms with E-state index in [1.165, 1.54) is 7.05 Å². The van der Waals surface area contributed by atoms with Crippen LogP contribution in [0.4, 0.5) is 13.2 Å². The summed E-state index contributed by atoms with van der Waals surface area (Å²) in [7, 11) is -1.96. The van der Waals surface area contributed by atoms with Gasteiger partial charge in [0, 0.05) is 32.8 Å². The molecule has 12 heteroatoms. The van der Waals surface area contributed by atoms with E-state index < -0.39 is 22.1 Å². The molecule has 1 aliphatic heterocycles. The Balaban J connectivity index is 0.00000420. The number of ether oxygens (including phenoxy) is 1. The summed E-state index contributed by atoms with van der Waals surface area (Å²) in [5.41, 5.74) is 0. The summed E-state index contributed by atoms with van der Waals surface area (Å²) >= 11 is 0. The van der Waals surface area contributed by atoms with Crippen LogP contribution < -0.4 is 15.4 Å². The number of hydrogen-bond donors (Lipinski definition) is 3. The van der Waals surface area contributed by atoms with Gasteiger partial charge in [-0.3, -0.25) is 4.99 Å². The Bertz CT molecular complexity index is 614. The third-order valence-corrected chi connectivity index (χ3v) is 6.52. The van der Waals surface area contributed by atoms with Crippen LogP contribution in [0.25, 0.3) is 0 Å². The molecule has 0 spiro atoms. The molecule has 1 saturated carbocycles. The maximum atomic E-state index is 12.9. The zero-order valence-electron chi connectivity index (χ0n) is 16.6. The maximum Gasteiger partial charge on any atom is 0.391 e. The van der Waals surface area contributed by atoms with E-state index in [0.29, 0.717) is 25.4 Å². The van der Waals surface area contributed by atoms with Gasteiger partial charge in [-0.05, 0) is 38.5 Å². The molecule has 3 unspecified atom stereocenters. The van der Waals surface area contributed by atoms with Crippen molar-refractivity contribution in [3.8, 4) is 0 Å². The average Bonchev–Trinajstić information content (AvgIpc) is 2.66. The predicted octanol–water partition coefficient (Wildman–Crippen LogP) is 2.38. The van der Waals surface area contributed by atoms with Crippen LogP contribution in [0.2, 0.25) is 0 Å². The Morgan fingerprint density at radius 2 is 1.93 bits per heavy atom. The molecule has 1 heterocycles. The van der Waals surface area contributed by atoms with E-state index >= 15 is 0 Å². The zero-order chi connectivity index (χ0) is 20.6. The summed E-state index contributed by atoms with van der Waals surface area (Å²) in [5.74, 6) is -1.14. The van der Waals surface area contributed by atoms with Crippen molar-refractivity contribution in [2.45, 2.75) is 63.3 Å². The van der Waals surface area contributed by atoms with Gasteiger partial charge >= 0.3 is 6.18 Å². The monoisotopic (exact) mass is 556 g/mol. The predicted molar refractivity (Wildman–Crippen MR) is 117 cm³/mol. The van der Waals surface area contributed by atoms with Crippen molar-refractivity contribution in [1.82, 2.24) is 15.4 Å². The van der Waals surface area contributed by atoms with Crippen molar-refractivity contribution in [2.24, 2.45) is 10.9 Å². The lowest BCUT2D eigenvalue weighted by Crippen LogP contribution is -2.48. The van der Waals surface area contributed by atoms with Crippen LogP contribution in [0.15, 0.2) is 4.99 Å². The number of nitrogens with one attached hydrogen (secondary N) is 3. The van der Waals surface area contributed by atoms with Gasteiger partial charge in [-0.15, -0.1) is 24.0 Å². The fourth-order valence-electron chi connectivity index (χ4n) is 3.57. The Morgan fingerprint density at radius 1 is 1.17 bits per heavy atom. The molecular weight excluding hydrogens is 524 g/mol. The lowest BCUT2D eigenvalue weighted by atomic mass is 9.85. The topological polar surface area (TPSA) is 91.8 Å². The summed E-state index contributed by atoms with van der Waals surface area (Å²) in [4.78, 5) is 3.99. The normalized spacial score (nSPS) is 26.5. The number of sulfonamides is 1. The smallest absolute Gasteiger partial charge is 0.377 e. The first-order valence-corrected chi connectivity index (χ1v) is 11.5. The van der Waals surface area contributed by atoms with Gasteiger partial charge in [0.05, 0.1) is 17.8 Å². The molecule has 0 aromatic heterocycles. The number of hydrogen-bond acceptors (Lipinski definition) is 4. The summed E-state index contributed by atoms with van der Waals surface area (Å²) < 4.78 is 71.0. The Hall–Kier alpha value is -0.340. The summed E-state index contributed by atoms with van der Waals surface area (Å²) in [5, 5.41) is 5.85. The van der Waals surface area contributed by atoms with E-state index in [-0.39, 0.29) is 67.8 Å². The molecule has 1 aliphatic carbocycles. The fraction of sp³-hybridized carbons (Fsp3) is 0.941. The molecule has 7 nitrogen and oxygen atoms in total. The molecule has 3 N–H and O–H groups in total. The van der Waals surface area contributed by atoms with Crippen LogP contribution in [0.3, 0.4) is 0 Å².